The summed E-state index contributed by atoms with van der Waals surface area (Å²) in [5.74, 6) is -0.0231. The van der Waals surface area contributed by atoms with Crippen molar-refractivity contribution < 1.29 is 13.2 Å². The largest absolute Gasteiger partial charge is 0.312 e. The monoisotopic (exact) mass is 359 g/mol. The zero-order chi connectivity index (χ0) is 17.9. The Morgan fingerprint density at radius 3 is 2.84 bits per heavy atom. The van der Waals surface area contributed by atoms with Crippen molar-refractivity contribution in [2.24, 2.45) is 0 Å². The van der Waals surface area contributed by atoms with E-state index in [9.17, 15) is 13.2 Å². The van der Waals surface area contributed by atoms with Gasteiger partial charge in [-0.3, -0.25) is 9.78 Å². The molecule has 1 aliphatic rings. The molecule has 1 aromatic heterocycles. The number of carbonyl (C=O) groups excluding carboxylic acids is 1. The lowest BCUT2D eigenvalue weighted by Crippen LogP contribution is -2.34. The van der Waals surface area contributed by atoms with Gasteiger partial charge in [0.15, 0.2) is 0 Å². The van der Waals surface area contributed by atoms with Crippen molar-refractivity contribution in [3.63, 3.8) is 0 Å². The second-order valence-electron chi connectivity index (χ2n) is 6.03. The van der Waals surface area contributed by atoms with Crippen molar-refractivity contribution in [2.75, 3.05) is 18.0 Å². The lowest BCUT2D eigenvalue weighted by Gasteiger charge is -2.28. The molecule has 1 N–H and O–H groups in total. The van der Waals surface area contributed by atoms with E-state index in [4.69, 9.17) is 0 Å². The topological polar surface area (TPSA) is 79.4 Å². The van der Waals surface area contributed by atoms with Gasteiger partial charge in [-0.2, -0.15) is 0 Å². The molecule has 1 aromatic carbocycles. The summed E-state index contributed by atoms with van der Waals surface area (Å²) in [4.78, 5) is 17.8. The SMILES string of the molecule is CC(=O)N1CCCc2cc(S(=O)(=O)NCCc3ccccn3)ccc21. The molecule has 0 fully saturated rings. The Bertz CT molecular complexity index is 866. The van der Waals surface area contributed by atoms with Crippen LogP contribution in [0.15, 0.2) is 47.5 Å². The number of rotatable bonds is 5. The highest BCUT2D eigenvalue weighted by atomic mass is 32.2. The Balaban J connectivity index is 1.73. The molecule has 7 heteroatoms. The summed E-state index contributed by atoms with van der Waals surface area (Å²) in [5.41, 5.74) is 2.55. The number of nitrogens with one attached hydrogen (secondary N) is 1. The van der Waals surface area contributed by atoms with Gasteiger partial charge in [0.1, 0.15) is 0 Å². The molecular weight excluding hydrogens is 338 g/mol. The fourth-order valence-electron chi connectivity index (χ4n) is 3.01. The van der Waals surface area contributed by atoms with Gasteiger partial charge in [-0.1, -0.05) is 6.07 Å². The molecule has 132 valence electrons. The number of aryl methyl sites for hydroxylation is 1. The molecule has 0 unspecified atom stereocenters. The van der Waals surface area contributed by atoms with E-state index in [1.165, 1.54) is 6.92 Å². The van der Waals surface area contributed by atoms with Crippen LogP contribution in [-0.4, -0.2) is 32.4 Å². The standard InChI is InChI=1S/C18H21N3O3S/c1-14(22)21-12-4-5-15-13-17(7-8-18(15)21)25(23,24)20-11-9-16-6-2-3-10-19-16/h2-3,6-8,10,13,20H,4-5,9,11-12H2,1H3. The molecule has 0 atom stereocenters. The first kappa shape index (κ1) is 17.6. The third-order valence-corrected chi connectivity index (χ3v) is 5.72. The Labute approximate surface area is 147 Å². The Kier molecular flexibility index (Phi) is 5.15. The maximum absolute atomic E-state index is 12.5. The summed E-state index contributed by atoms with van der Waals surface area (Å²) in [6.45, 7) is 2.49. The van der Waals surface area contributed by atoms with E-state index in [0.29, 0.717) is 13.0 Å². The number of fused-ring (bicyclic) bond motifs is 1. The van der Waals surface area contributed by atoms with Gasteiger partial charge in [0.05, 0.1) is 4.90 Å². The smallest absolute Gasteiger partial charge is 0.240 e. The van der Waals surface area contributed by atoms with Gasteiger partial charge in [0, 0.05) is 44.0 Å². The number of carbonyl (C=O) groups is 1. The number of hydrogen-bond donors (Lipinski definition) is 1. The Morgan fingerprint density at radius 1 is 1.28 bits per heavy atom. The molecular formula is C18H21N3O3S. The minimum atomic E-state index is -3.58. The van der Waals surface area contributed by atoms with Crippen LogP contribution in [0.2, 0.25) is 0 Å². The zero-order valence-electron chi connectivity index (χ0n) is 14.1. The number of nitrogens with zero attached hydrogens (tertiary/aromatic N) is 2. The highest BCUT2D eigenvalue weighted by Crippen LogP contribution is 2.29. The van der Waals surface area contributed by atoms with E-state index in [-0.39, 0.29) is 17.3 Å². The lowest BCUT2D eigenvalue weighted by molar-refractivity contribution is -0.116. The molecule has 0 aliphatic carbocycles. The van der Waals surface area contributed by atoms with Gasteiger partial charge >= 0.3 is 0 Å². The second-order valence-corrected chi connectivity index (χ2v) is 7.80. The summed E-state index contributed by atoms with van der Waals surface area (Å²) in [7, 11) is -3.58. The van der Waals surface area contributed by atoms with Crippen LogP contribution in [0.3, 0.4) is 0 Å². The fraction of sp³-hybridized carbons (Fsp3) is 0.333. The molecule has 3 rings (SSSR count). The molecule has 0 bridgehead atoms. The van der Waals surface area contributed by atoms with Gasteiger partial charge in [0.2, 0.25) is 15.9 Å². The van der Waals surface area contributed by atoms with Gasteiger partial charge in [-0.05, 0) is 48.7 Å². The average Bonchev–Trinajstić information content (AvgIpc) is 2.61. The van der Waals surface area contributed by atoms with Crippen molar-refractivity contribution >= 4 is 21.6 Å². The van der Waals surface area contributed by atoms with Crippen LogP contribution in [0.25, 0.3) is 0 Å². The predicted molar refractivity (Wildman–Crippen MR) is 95.9 cm³/mol. The van der Waals surface area contributed by atoms with E-state index in [2.05, 4.69) is 9.71 Å². The molecule has 1 aliphatic heterocycles. The maximum Gasteiger partial charge on any atom is 0.240 e. The summed E-state index contributed by atoms with van der Waals surface area (Å²) < 4.78 is 27.6. The summed E-state index contributed by atoms with van der Waals surface area (Å²) in [6.07, 6.45) is 3.83. The highest BCUT2D eigenvalue weighted by molar-refractivity contribution is 7.89. The summed E-state index contributed by atoms with van der Waals surface area (Å²) in [5, 5.41) is 0. The van der Waals surface area contributed by atoms with E-state index < -0.39 is 10.0 Å². The molecule has 0 spiro atoms. The van der Waals surface area contributed by atoms with Crippen molar-refractivity contribution in [1.82, 2.24) is 9.71 Å². The molecule has 2 heterocycles. The van der Waals surface area contributed by atoms with Crippen molar-refractivity contribution in [3.8, 4) is 0 Å². The van der Waals surface area contributed by atoms with Crippen molar-refractivity contribution in [2.45, 2.75) is 31.1 Å². The molecule has 25 heavy (non-hydrogen) atoms. The quantitative estimate of drug-likeness (QED) is 0.884. The maximum atomic E-state index is 12.5. The molecule has 0 saturated heterocycles. The van der Waals surface area contributed by atoms with Crippen LogP contribution in [0.5, 0.6) is 0 Å². The first-order valence-corrected chi connectivity index (χ1v) is 9.76. The second kappa shape index (κ2) is 7.33. The van der Waals surface area contributed by atoms with E-state index >= 15 is 0 Å². The van der Waals surface area contributed by atoms with Crippen LogP contribution in [0.1, 0.15) is 24.6 Å². The van der Waals surface area contributed by atoms with Crippen LogP contribution < -0.4 is 9.62 Å². The Morgan fingerprint density at radius 2 is 2.12 bits per heavy atom. The number of sulfonamides is 1. The molecule has 1 amide bonds. The minimum Gasteiger partial charge on any atom is -0.312 e. The highest BCUT2D eigenvalue weighted by Gasteiger charge is 2.22. The van der Waals surface area contributed by atoms with Gasteiger partial charge < -0.3 is 4.90 Å². The fourth-order valence-corrected chi connectivity index (χ4v) is 4.09. The van der Waals surface area contributed by atoms with Crippen molar-refractivity contribution in [3.05, 3.63) is 53.9 Å². The van der Waals surface area contributed by atoms with E-state index in [0.717, 1.165) is 29.8 Å². The molecule has 0 radical (unpaired) electrons. The normalized spacial score (nSPS) is 14.2. The number of aromatic nitrogens is 1. The molecule has 0 saturated carbocycles. The van der Waals surface area contributed by atoms with Gasteiger partial charge in [0.25, 0.3) is 0 Å². The minimum absolute atomic E-state index is 0.0231. The third kappa shape index (κ3) is 4.05. The Hall–Kier alpha value is -2.25. The van der Waals surface area contributed by atoms with Crippen LogP contribution >= 0.6 is 0 Å². The van der Waals surface area contributed by atoms with Crippen LogP contribution in [-0.2, 0) is 27.7 Å². The number of anilines is 1. The lowest BCUT2D eigenvalue weighted by atomic mass is 10.0. The number of pyridine rings is 1. The number of hydrogen-bond acceptors (Lipinski definition) is 4. The first-order valence-electron chi connectivity index (χ1n) is 8.28. The van der Waals surface area contributed by atoms with Gasteiger partial charge in [-0.15, -0.1) is 0 Å². The summed E-state index contributed by atoms with van der Waals surface area (Å²) in [6, 6.07) is 10.5. The van der Waals surface area contributed by atoms with Crippen LogP contribution in [0.4, 0.5) is 5.69 Å². The van der Waals surface area contributed by atoms with Gasteiger partial charge in [-0.25, -0.2) is 13.1 Å². The van der Waals surface area contributed by atoms with Crippen molar-refractivity contribution in [1.29, 1.82) is 0 Å². The third-order valence-electron chi connectivity index (χ3n) is 4.26. The molecule has 6 nitrogen and oxygen atoms in total. The summed E-state index contributed by atoms with van der Waals surface area (Å²) >= 11 is 0. The molecule has 2 aromatic rings. The van der Waals surface area contributed by atoms with Crippen LogP contribution in [0, 0.1) is 0 Å². The number of benzene rings is 1. The first-order chi connectivity index (χ1) is 12.0. The zero-order valence-corrected chi connectivity index (χ0v) is 14.9. The van der Waals surface area contributed by atoms with E-state index in [1.807, 2.05) is 18.2 Å². The average molecular weight is 359 g/mol. The number of amides is 1. The predicted octanol–water partition coefficient (Wildman–Crippen LogP) is 1.90. The van der Waals surface area contributed by atoms with E-state index in [1.54, 1.807) is 29.3 Å².